The molecule has 0 aliphatic carbocycles. The van der Waals surface area contributed by atoms with E-state index in [1.165, 1.54) is 32.2 Å². The number of hydrogen-bond donors (Lipinski definition) is 2. The molecule has 1 amide bonds. The van der Waals surface area contributed by atoms with Crippen LogP contribution in [0.15, 0.2) is 27.3 Å². The monoisotopic (exact) mass is 491 g/mol. The highest BCUT2D eigenvalue weighted by atomic mass is 19.3. The van der Waals surface area contributed by atoms with Crippen molar-refractivity contribution in [2.24, 2.45) is 0 Å². The number of benzene rings is 1. The van der Waals surface area contributed by atoms with E-state index in [9.17, 15) is 23.1 Å². The topological polar surface area (TPSA) is 131 Å². The summed E-state index contributed by atoms with van der Waals surface area (Å²) in [6, 6.07) is 1.23. The lowest BCUT2D eigenvalue weighted by atomic mass is 10.0. The van der Waals surface area contributed by atoms with Crippen LogP contribution in [0.5, 0.6) is 5.75 Å². The van der Waals surface area contributed by atoms with Crippen molar-refractivity contribution in [3.8, 4) is 5.75 Å². The van der Waals surface area contributed by atoms with Gasteiger partial charge < -0.3 is 28.6 Å². The molecule has 0 fully saturated rings. The molecule has 4 heterocycles. The van der Waals surface area contributed by atoms with E-state index in [4.69, 9.17) is 13.6 Å². The Morgan fingerprint density at radius 3 is 2.77 bits per heavy atom. The van der Waals surface area contributed by atoms with E-state index in [2.05, 4.69) is 19.9 Å². The van der Waals surface area contributed by atoms with E-state index >= 15 is 0 Å². The molecule has 13 heteroatoms. The maximum Gasteiger partial charge on any atom is 0.292 e. The van der Waals surface area contributed by atoms with E-state index in [-0.39, 0.29) is 29.3 Å². The molecule has 4 aromatic rings. The predicted molar refractivity (Wildman–Crippen MR) is 112 cm³/mol. The summed E-state index contributed by atoms with van der Waals surface area (Å²) < 4.78 is 57.9. The smallest absolute Gasteiger partial charge is 0.292 e. The van der Waals surface area contributed by atoms with Crippen molar-refractivity contribution in [1.29, 1.82) is 0 Å². The van der Waals surface area contributed by atoms with Gasteiger partial charge in [0, 0.05) is 30.8 Å². The molecule has 1 aromatic carbocycles. The summed E-state index contributed by atoms with van der Waals surface area (Å²) in [5.41, 5.74) is -1.21. The molecule has 0 bridgehead atoms. The molecular formula is C22H20F3N5O5. The summed E-state index contributed by atoms with van der Waals surface area (Å²) >= 11 is 0. The number of amides is 1. The third-order valence-electron chi connectivity index (χ3n) is 5.65. The zero-order valence-corrected chi connectivity index (χ0v) is 18.8. The summed E-state index contributed by atoms with van der Waals surface area (Å²) in [6.07, 6.45) is -1.36. The second-order valence-corrected chi connectivity index (χ2v) is 8.52. The number of carbonyl (C=O) groups is 1. The highest BCUT2D eigenvalue weighted by Crippen LogP contribution is 2.39. The first kappa shape index (κ1) is 22.9. The highest BCUT2D eigenvalue weighted by Gasteiger charge is 2.42. The van der Waals surface area contributed by atoms with Gasteiger partial charge in [-0.2, -0.15) is 0 Å². The number of carbonyl (C=O) groups excluding carboxylic acids is 1. The predicted octanol–water partition coefficient (Wildman–Crippen LogP) is 3.64. The summed E-state index contributed by atoms with van der Waals surface area (Å²) in [7, 11) is 1.34. The lowest BCUT2D eigenvalue weighted by Crippen LogP contribution is -2.41. The maximum absolute atomic E-state index is 14.0. The second-order valence-electron chi connectivity index (χ2n) is 8.52. The second kappa shape index (κ2) is 8.12. The Labute approximate surface area is 195 Å². The fourth-order valence-electron chi connectivity index (χ4n) is 4.03. The largest absolute Gasteiger partial charge is 0.493 e. The number of oxazole rings is 2. The molecular weight excluding hydrogens is 471 g/mol. The lowest BCUT2D eigenvalue weighted by molar-refractivity contribution is 0.0436. The fourth-order valence-corrected chi connectivity index (χ4v) is 4.03. The van der Waals surface area contributed by atoms with Gasteiger partial charge in [-0.05, 0) is 13.8 Å². The van der Waals surface area contributed by atoms with Gasteiger partial charge in [-0.3, -0.25) is 4.79 Å². The van der Waals surface area contributed by atoms with Crippen LogP contribution < -0.4 is 4.74 Å². The van der Waals surface area contributed by atoms with Crippen molar-refractivity contribution in [1.82, 2.24) is 24.8 Å². The van der Waals surface area contributed by atoms with Crippen LogP contribution >= 0.6 is 0 Å². The molecule has 35 heavy (non-hydrogen) atoms. The number of nitrogens with one attached hydrogen (secondary N) is 1. The van der Waals surface area contributed by atoms with Crippen molar-refractivity contribution in [2.45, 2.75) is 38.3 Å². The lowest BCUT2D eigenvalue weighted by Gasteiger charge is -2.32. The average molecular weight is 491 g/mol. The van der Waals surface area contributed by atoms with Crippen LogP contribution in [0.25, 0.3) is 11.1 Å². The first-order valence-corrected chi connectivity index (χ1v) is 10.6. The summed E-state index contributed by atoms with van der Waals surface area (Å²) in [6.45, 7) is 2.67. The van der Waals surface area contributed by atoms with Crippen LogP contribution in [0.1, 0.15) is 65.7 Å². The highest BCUT2D eigenvalue weighted by molar-refractivity contribution is 5.93. The zero-order chi connectivity index (χ0) is 25.1. The Bertz CT molecular complexity index is 1420. The molecule has 1 atom stereocenters. The number of rotatable bonds is 5. The average Bonchev–Trinajstić information content (AvgIpc) is 3.54. The fraction of sp³-hybridized carbons (Fsp3) is 0.364. The van der Waals surface area contributed by atoms with Gasteiger partial charge in [0.2, 0.25) is 17.5 Å². The molecule has 2 N–H and O–H groups in total. The minimum absolute atomic E-state index is 0.0221. The molecule has 0 saturated carbocycles. The Kier molecular flexibility index (Phi) is 5.31. The quantitative estimate of drug-likeness (QED) is 0.433. The van der Waals surface area contributed by atoms with E-state index in [1.54, 1.807) is 0 Å². The van der Waals surface area contributed by atoms with Gasteiger partial charge in [-0.15, -0.1) is 0 Å². The number of H-pyrrole nitrogens is 1. The van der Waals surface area contributed by atoms with Crippen LogP contribution in [0.3, 0.4) is 0 Å². The SMILES string of the molecule is COc1cc(F)cc2nc([C@@H]3c4nc[nH]c4CCN3C(=O)c3oc(C(C)(C)O)nc3C(F)F)oc12. The van der Waals surface area contributed by atoms with E-state index in [1.807, 2.05) is 0 Å². The molecule has 0 unspecified atom stereocenters. The van der Waals surface area contributed by atoms with Crippen molar-refractivity contribution in [2.75, 3.05) is 13.7 Å². The maximum atomic E-state index is 14.0. The number of ether oxygens (including phenoxy) is 1. The number of aliphatic hydroxyl groups is 1. The van der Waals surface area contributed by atoms with E-state index in [0.717, 1.165) is 12.1 Å². The molecule has 1 aliphatic rings. The Hall–Kier alpha value is -3.87. The number of alkyl halides is 2. The Balaban J connectivity index is 1.64. The van der Waals surface area contributed by atoms with E-state index in [0.29, 0.717) is 17.8 Å². The summed E-state index contributed by atoms with van der Waals surface area (Å²) in [4.78, 5) is 30.1. The van der Waals surface area contributed by atoms with Gasteiger partial charge >= 0.3 is 0 Å². The third kappa shape index (κ3) is 3.81. The number of aromatic nitrogens is 4. The Morgan fingerprint density at radius 1 is 1.31 bits per heavy atom. The molecule has 184 valence electrons. The van der Waals surface area contributed by atoms with Crippen molar-refractivity contribution in [3.05, 3.63) is 58.9 Å². The first-order valence-electron chi connectivity index (χ1n) is 10.6. The molecule has 0 spiro atoms. The van der Waals surface area contributed by atoms with Gasteiger partial charge in [0.05, 0.1) is 19.1 Å². The number of halogens is 3. The number of fused-ring (bicyclic) bond motifs is 2. The van der Waals surface area contributed by atoms with Crippen LogP contribution in [-0.4, -0.2) is 49.5 Å². The van der Waals surface area contributed by atoms with Gasteiger partial charge in [-0.1, -0.05) is 0 Å². The van der Waals surface area contributed by atoms with Crippen LogP contribution in [0.4, 0.5) is 13.2 Å². The third-order valence-corrected chi connectivity index (χ3v) is 5.65. The van der Waals surface area contributed by atoms with Gasteiger partial charge in [0.1, 0.15) is 16.9 Å². The zero-order valence-electron chi connectivity index (χ0n) is 18.8. The van der Waals surface area contributed by atoms with Crippen molar-refractivity contribution in [3.63, 3.8) is 0 Å². The van der Waals surface area contributed by atoms with E-state index < -0.39 is 47.1 Å². The molecule has 3 aromatic heterocycles. The van der Waals surface area contributed by atoms with Gasteiger partial charge in [0.25, 0.3) is 12.3 Å². The van der Waals surface area contributed by atoms with Gasteiger partial charge in [-0.25, -0.2) is 28.1 Å². The minimum Gasteiger partial charge on any atom is -0.493 e. The van der Waals surface area contributed by atoms with Gasteiger partial charge in [0.15, 0.2) is 23.1 Å². The standard InChI is InChI=1S/C22H20F3N5O5/c1-22(2,32)21-29-14(18(24)25)17(35-21)20(31)30-5-4-10-13(27-8-26-10)15(30)19-28-11-6-9(23)7-12(33-3)16(11)34-19/h6-8,15,18,32H,4-5H2,1-3H3,(H,26,27)/t15-/m0/s1. The normalized spacial score (nSPS) is 16.2. The molecule has 5 rings (SSSR count). The van der Waals surface area contributed by atoms with Crippen LogP contribution in [0.2, 0.25) is 0 Å². The molecule has 1 aliphatic heterocycles. The minimum atomic E-state index is -3.13. The first-order chi connectivity index (χ1) is 16.6. The molecule has 10 nitrogen and oxygen atoms in total. The number of imidazole rings is 1. The summed E-state index contributed by atoms with van der Waals surface area (Å²) in [5.74, 6) is -2.57. The summed E-state index contributed by atoms with van der Waals surface area (Å²) in [5, 5.41) is 10.2. The molecule has 0 saturated heterocycles. The Morgan fingerprint density at radius 2 is 2.09 bits per heavy atom. The van der Waals surface area contributed by atoms with Crippen LogP contribution in [-0.2, 0) is 12.0 Å². The number of nitrogens with zero attached hydrogens (tertiary/aromatic N) is 4. The number of methoxy groups -OCH3 is 1. The van der Waals surface area contributed by atoms with Crippen LogP contribution in [0, 0.1) is 5.82 Å². The number of aromatic amines is 1. The van der Waals surface area contributed by atoms with Crippen molar-refractivity contribution >= 4 is 17.0 Å². The van der Waals surface area contributed by atoms with Crippen molar-refractivity contribution < 1.29 is 36.6 Å². The molecule has 0 radical (unpaired) electrons. The number of hydrogen-bond acceptors (Lipinski definition) is 8.